The van der Waals surface area contributed by atoms with E-state index in [9.17, 15) is 14.7 Å². The molecule has 5 aromatic carbocycles. The first-order chi connectivity index (χ1) is 29.5. The molecule has 9 rings (SSSR count). The summed E-state index contributed by atoms with van der Waals surface area (Å²) in [5, 5.41) is 19.9. The molecule has 0 spiro atoms. The van der Waals surface area contributed by atoms with Crippen LogP contribution in [0.1, 0.15) is 29.9 Å². The van der Waals surface area contributed by atoms with Crippen LogP contribution in [0.15, 0.2) is 137 Å². The third-order valence-corrected chi connectivity index (χ3v) is 13.0. The zero-order valence-corrected chi connectivity index (χ0v) is 34.6. The van der Waals surface area contributed by atoms with Gasteiger partial charge in [0.15, 0.2) is 0 Å². The first kappa shape index (κ1) is 39.7. The summed E-state index contributed by atoms with van der Waals surface area (Å²) in [6.45, 7) is 0. The minimum atomic E-state index is -1.57. The van der Waals surface area contributed by atoms with Gasteiger partial charge in [-0.15, -0.1) is 0 Å². The molecule has 61 heavy (non-hydrogen) atoms. The number of anilines is 3. The standard InChI is InChI=1S/C48H42ClN5O7/c1-52(2)31-17-13-29(14-18-31)50-51-30-15-19-32(20-16-30)53-44(56)36-22-21-35-37(41(36)46(53)58)26-38-45(57)54(33-12-8-11-28(49)23-33)47(59)48(38,27-9-6-5-7-10-27)43(35)42-39(60-3)24-34(55)25-40(42)61-4/h5-21,23-25,36-38,41,43,55H,22,26H2,1-4H3. The summed E-state index contributed by atoms with van der Waals surface area (Å²) in [6, 6.07) is 33.1. The molecule has 12 nitrogen and oxygen atoms in total. The third kappa shape index (κ3) is 6.27. The van der Waals surface area contributed by atoms with Gasteiger partial charge in [0.05, 0.1) is 60.1 Å². The fraction of sp³-hybridized carbons (Fsp3) is 0.250. The second kappa shape index (κ2) is 15.3. The van der Waals surface area contributed by atoms with E-state index in [-0.39, 0.29) is 41.9 Å². The molecule has 3 fully saturated rings. The van der Waals surface area contributed by atoms with E-state index in [1.165, 1.54) is 36.2 Å². The summed E-state index contributed by atoms with van der Waals surface area (Å²) in [5.74, 6) is -5.45. The average molecular weight is 836 g/mol. The van der Waals surface area contributed by atoms with Crippen LogP contribution in [0, 0.1) is 23.7 Å². The number of carbonyl (C=O) groups excluding carboxylic acids is 4. The van der Waals surface area contributed by atoms with Crippen molar-refractivity contribution in [1.82, 2.24) is 0 Å². The molecular formula is C48H42ClN5O7. The zero-order chi connectivity index (χ0) is 42.7. The van der Waals surface area contributed by atoms with Gasteiger partial charge in [-0.2, -0.15) is 10.2 Å². The van der Waals surface area contributed by atoms with Crippen molar-refractivity contribution in [2.24, 2.45) is 33.9 Å². The predicted octanol–water partition coefficient (Wildman–Crippen LogP) is 8.91. The Morgan fingerprint density at radius 2 is 1.36 bits per heavy atom. The minimum absolute atomic E-state index is 0.102. The Hall–Kier alpha value is -6.79. The van der Waals surface area contributed by atoms with Crippen LogP contribution in [0.2, 0.25) is 5.02 Å². The van der Waals surface area contributed by atoms with Gasteiger partial charge in [0.2, 0.25) is 23.6 Å². The van der Waals surface area contributed by atoms with E-state index in [1.54, 1.807) is 48.5 Å². The lowest BCUT2D eigenvalue weighted by molar-refractivity contribution is -0.127. The van der Waals surface area contributed by atoms with Gasteiger partial charge in [0.25, 0.3) is 0 Å². The first-order valence-electron chi connectivity index (χ1n) is 20.0. The number of amides is 4. The number of hydrogen-bond donors (Lipinski definition) is 1. The van der Waals surface area contributed by atoms with Crippen LogP contribution < -0.4 is 24.2 Å². The number of benzene rings is 5. The number of allylic oxidation sites excluding steroid dienone is 2. The monoisotopic (exact) mass is 835 g/mol. The summed E-state index contributed by atoms with van der Waals surface area (Å²) >= 11 is 6.46. The average Bonchev–Trinajstić information content (AvgIpc) is 3.66. The topological polar surface area (TPSA) is 141 Å². The Morgan fingerprint density at radius 1 is 0.721 bits per heavy atom. The quantitative estimate of drug-likeness (QED) is 0.0882. The maximum atomic E-state index is 15.6. The number of ether oxygens (including phenoxy) is 2. The number of phenols is 1. The highest BCUT2D eigenvalue weighted by Gasteiger charge is 2.71. The molecule has 0 bridgehead atoms. The Morgan fingerprint density at radius 3 is 1.97 bits per heavy atom. The second-order valence-corrected chi connectivity index (χ2v) is 16.4. The van der Waals surface area contributed by atoms with Crippen LogP contribution in [0.25, 0.3) is 0 Å². The largest absolute Gasteiger partial charge is 0.508 e. The molecular weight excluding hydrogens is 794 g/mol. The number of methoxy groups -OCH3 is 2. The molecule has 2 heterocycles. The van der Waals surface area contributed by atoms with E-state index < -0.39 is 46.8 Å². The molecule has 0 aromatic heterocycles. The van der Waals surface area contributed by atoms with Crippen molar-refractivity contribution in [2.75, 3.05) is 43.0 Å². The molecule has 2 aliphatic carbocycles. The summed E-state index contributed by atoms with van der Waals surface area (Å²) < 4.78 is 11.9. The maximum Gasteiger partial charge on any atom is 0.246 e. The molecule has 1 N–H and O–H groups in total. The molecule has 4 aliphatic rings. The molecule has 6 atom stereocenters. The van der Waals surface area contributed by atoms with Crippen molar-refractivity contribution in [3.63, 3.8) is 0 Å². The van der Waals surface area contributed by atoms with Crippen molar-refractivity contribution in [2.45, 2.75) is 24.2 Å². The van der Waals surface area contributed by atoms with Crippen LogP contribution in [-0.4, -0.2) is 57.1 Å². The van der Waals surface area contributed by atoms with Crippen LogP contribution in [0.4, 0.5) is 28.4 Å². The first-order valence-corrected chi connectivity index (χ1v) is 20.4. The highest BCUT2D eigenvalue weighted by molar-refractivity contribution is 6.32. The van der Waals surface area contributed by atoms with Gasteiger partial charge in [-0.1, -0.05) is 59.6 Å². The normalized spacial score (nSPS) is 24.4. The predicted molar refractivity (Wildman–Crippen MR) is 231 cm³/mol. The summed E-state index contributed by atoms with van der Waals surface area (Å²) in [4.78, 5) is 64.5. The number of halogens is 1. The fourth-order valence-corrected chi connectivity index (χ4v) is 10.3. The maximum absolute atomic E-state index is 15.6. The second-order valence-electron chi connectivity index (χ2n) is 16.0. The van der Waals surface area contributed by atoms with Gasteiger partial charge < -0.3 is 19.5 Å². The minimum Gasteiger partial charge on any atom is -0.508 e. The fourth-order valence-electron chi connectivity index (χ4n) is 10.1. The lowest BCUT2D eigenvalue weighted by Gasteiger charge is -2.51. The lowest BCUT2D eigenvalue weighted by atomic mass is 9.49. The molecule has 1 saturated carbocycles. The van der Waals surface area contributed by atoms with Gasteiger partial charge in [-0.25, -0.2) is 4.90 Å². The molecule has 5 aromatic rings. The van der Waals surface area contributed by atoms with E-state index in [4.69, 9.17) is 21.1 Å². The summed E-state index contributed by atoms with van der Waals surface area (Å²) in [7, 11) is 6.84. The number of azo groups is 1. The highest BCUT2D eigenvalue weighted by atomic mass is 35.5. The Labute approximate surface area is 357 Å². The number of imide groups is 2. The molecule has 13 heteroatoms. The van der Waals surface area contributed by atoms with Crippen LogP contribution >= 0.6 is 11.6 Å². The van der Waals surface area contributed by atoms with Crippen LogP contribution in [-0.2, 0) is 24.6 Å². The third-order valence-electron chi connectivity index (χ3n) is 12.7. The van der Waals surface area contributed by atoms with Gasteiger partial charge in [0.1, 0.15) is 17.2 Å². The molecule has 308 valence electrons. The summed E-state index contributed by atoms with van der Waals surface area (Å²) in [5.41, 5.74) is 3.13. The van der Waals surface area contributed by atoms with E-state index in [0.29, 0.717) is 38.9 Å². The molecule has 0 radical (unpaired) electrons. The van der Waals surface area contributed by atoms with Gasteiger partial charge in [0, 0.05) is 48.4 Å². The smallest absolute Gasteiger partial charge is 0.246 e. The van der Waals surface area contributed by atoms with Crippen LogP contribution in [0.5, 0.6) is 17.2 Å². The molecule has 4 amide bonds. The van der Waals surface area contributed by atoms with Gasteiger partial charge in [-0.05, 0) is 91.1 Å². The Balaban J connectivity index is 1.15. The van der Waals surface area contributed by atoms with E-state index in [2.05, 4.69) is 10.2 Å². The number of nitrogens with zero attached hydrogens (tertiary/aromatic N) is 5. The zero-order valence-electron chi connectivity index (χ0n) is 33.9. The Kier molecular flexibility index (Phi) is 9.98. The molecule has 2 saturated heterocycles. The SMILES string of the molecule is COc1cc(O)cc(OC)c1C1C2=CCC3C(=O)N(c4ccc(N=Nc5ccc(N(C)C)cc5)cc4)C(=O)C3C2CC2C(=O)N(c3cccc(Cl)c3)C(=O)C21c1ccccc1. The van der Waals surface area contributed by atoms with Crippen LogP contribution in [0.3, 0.4) is 0 Å². The van der Waals surface area contributed by atoms with Crippen molar-refractivity contribution in [3.8, 4) is 17.2 Å². The number of rotatable bonds is 9. The molecule has 6 unspecified atom stereocenters. The van der Waals surface area contributed by atoms with Crippen molar-refractivity contribution in [1.29, 1.82) is 0 Å². The lowest BCUT2D eigenvalue weighted by Crippen LogP contribution is -2.53. The van der Waals surface area contributed by atoms with E-state index in [1.807, 2.05) is 79.7 Å². The Bertz CT molecular complexity index is 2620. The van der Waals surface area contributed by atoms with Crippen molar-refractivity contribution < 1.29 is 33.8 Å². The molecule has 2 aliphatic heterocycles. The van der Waals surface area contributed by atoms with Crippen molar-refractivity contribution in [3.05, 3.63) is 143 Å². The van der Waals surface area contributed by atoms with Crippen molar-refractivity contribution >= 4 is 63.7 Å². The van der Waals surface area contributed by atoms with Gasteiger partial charge in [-0.3, -0.25) is 24.1 Å². The number of phenolic OH excluding ortho intramolecular Hbond substituents is 1. The van der Waals surface area contributed by atoms with E-state index in [0.717, 1.165) is 11.3 Å². The number of hydrogen-bond acceptors (Lipinski definition) is 10. The number of aromatic hydroxyl groups is 1. The van der Waals surface area contributed by atoms with E-state index >= 15 is 9.59 Å². The highest BCUT2D eigenvalue weighted by Crippen LogP contribution is 2.66. The number of fused-ring (bicyclic) bond motifs is 4. The summed E-state index contributed by atoms with van der Waals surface area (Å²) in [6.07, 6.45) is 2.28. The number of carbonyl (C=O) groups is 4. The van der Waals surface area contributed by atoms with Gasteiger partial charge >= 0.3 is 0 Å².